The Morgan fingerprint density at radius 1 is 1.44 bits per heavy atom. The van der Waals surface area contributed by atoms with Crippen LogP contribution in [0.2, 0.25) is 0 Å². The van der Waals surface area contributed by atoms with Gasteiger partial charge in [-0.3, -0.25) is 9.69 Å². The molecule has 2 fully saturated rings. The number of amides is 1. The number of morpholine rings is 1. The van der Waals surface area contributed by atoms with Crippen LogP contribution in [-0.4, -0.2) is 72.9 Å². The predicted molar refractivity (Wildman–Crippen MR) is 68.2 cm³/mol. The van der Waals surface area contributed by atoms with Crippen LogP contribution in [0.1, 0.15) is 19.8 Å². The summed E-state index contributed by atoms with van der Waals surface area (Å²) >= 11 is 0. The standard InChI is InChI=1S/C13H24N2O3/c1-11(14-4-6-18-7-5-14)2-3-15-9-12(10-16)8-13(15)17/h11-12,16H,2-10H2,1H3. The van der Waals surface area contributed by atoms with Crippen LogP contribution < -0.4 is 0 Å². The van der Waals surface area contributed by atoms with E-state index >= 15 is 0 Å². The van der Waals surface area contributed by atoms with Crippen LogP contribution in [0.3, 0.4) is 0 Å². The molecule has 5 heteroatoms. The van der Waals surface area contributed by atoms with Crippen molar-refractivity contribution in [3.63, 3.8) is 0 Å². The molecule has 0 aromatic heterocycles. The summed E-state index contributed by atoms with van der Waals surface area (Å²) in [5.41, 5.74) is 0. The maximum atomic E-state index is 11.7. The Morgan fingerprint density at radius 3 is 2.78 bits per heavy atom. The maximum absolute atomic E-state index is 11.7. The first kappa shape index (κ1) is 13.8. The molecule has 2 heterocycles. The van der Waals surface area contributed by atoms with Gasteiger partial charge in [-0.25, -0.2) is 0 Å². The van der Waals surface area contributed by atoms with Crippen LogP contribution >= 0.6 is 0 Å². The molecule has 0 aromatic rings. The third-order valence-electron chi connectivity index (χ3n) is 4.04. The first-order chi connectivity index (χ1) is 8.70. The molecule has 2 atom stereocenters. The minimum absolute atomic E-state index is 0.126. The first-order valence-corrected chi connectivity index (χ1v) is 6.91. The van der Waals surface area contributed by atoms with Crippen molar-refractivity contribution in [1.29, 1.82) is 0 Å². The normalized spacial score (nSPS) is 27.8. The molecule has 2 rings (SSSR count). The summed E-state index contributed by atoms with van der Waals surface area (Å²) in [6.45, 7) is 7.51. The Hall–Kier alpha value is -0.650. The average molecular weight is 256 g/mol. The number of ether oxygens (including phenoxy) is 1. The summed E-state index contributed by atoms with van der Waals surface area (Å²) in [5.74, 6) is 0.347. The molecule has 2 unspecified atom stereocenters. The Balaban J connectivity index is 1.72. The molecule has 0 bridgehead atoms. The number of hydrogen-bond donors (Lipinski definition) is 1. The van der Waals surface area contributed by atoms with Gasteiger partial charge in [0.15, 0.2) is 0 Å². The zero-order valence-electron chi connectivity index (χ0n) is 11.2. The molecule has 0 aliphatic carbocycles. The third-order valence-corrected chi connectivity index (χ3v) is 4.04. The van der Waals surface area contributed by atoms with Gasteiger partial charge in [0, 0.05) is 51.2 Å². The lowest BCUT2D eigenvalue weighted by Crippen LogP contribution is -2.43. The molecule has 2 saturated heterocycles. The lowest BCUT2D eigenvalue weighted by molar-refractivity contribution is -0.128. The first-order valence-electron chi connectivity index (χ1n) is 6.91. The Morgan fingerprint density at radius 2 is 2.17 bits per heavy atom. The van der Waals surface area contributed by atoms with Crippen LogP contribution in [-0.2, 0) is 9.53 Å². The molecule has 0 radical (unpaired) electrons. The Labute approximate surface area is 109 Å². The number of carbonyl (C=O) groups is 1. The van der Waals surface area contributed by atoms with Gasteiger partial charge in [-0.2, -0.15) is 0 Å². The molecule has 2 aliphatic heterocycles. The van der Waals surface area contributed by atoms with E-state index in [9.17, 15) is 4.79 Å². The van der Waals surface area contributed by atoms with Crippen LogP contribution in [0, 0.1) is 5.92 Å². The van der Waals surface area contributed by atoms with Crippen LogP contribution in [0.5, 0.6) is 0 Å². The summed E-state index contributed by atoms with van der Waals surface area (Å²) in [7, 11) is 0. The van der Waals surface area contributed by atoms with E-state index in [1.807, 2.05) is 4.90 Å². The van der Waals surface area contributed by atoms with Gasteiger partial charge in [0.25, 0.3) is 0 Å². The highest BCUT2D eigenvalue weighted by Crippen LogP contribution is 2.18. The highest BCUT2D eigenvalue weighted by atomic mass is 16.5. The largest absolute Gasteiger partial charge is 0.396 e. The fraction of sp³-hybridized carbons (Fsp3) is 0.923. The fourth-order valence-electron chi connectivity index (χ4n) is 2.74. The van der Waals surface area contributed by atoms with Gasteiger partial charge in [-0.1, -0.05) is 0 Å². The quantitative estimate of drug-likeness (QED) is 0.748. The fourth-order valence-corrected chi connectivity index (χ4v) is 2.74. The zero-order chi connectivity index (χ0) is 13.0. The van der Waals surface area contributed by atoms with E-state index in [0.29, 0.717) is 12.5 Å². The van der Waals surface area contributed by atoms with Crippen molar-refractivity contribution in [2.45, 2.75) is 25.8 Å². The molecule has 0 aromatic carbocycles. The number of hydrogen-bond acceptors (Lipinski definition) is 4. The summed E-state index contributed by atoms with van der Waals surface area (Å²) in [5, 5.41) is 9.08. The van der Waals surface area contributed by atoms with Crippen LogP contribution in [0.15, 0.2) is 0 Å². The van der Waals surface area contributed by atoms with Crippen molar-refractivity contribution in [3.8, 4) is 0 Å². The van der Waals surface area contributed by atoms with Gasteiger partial charge in [0.1, 0.15) is 0 Å². The maximum Gasteiger partial charge on any atom is 0.223 e. The molecule has 104 valence electrons. The minimum atomic E-state index is 0.126. The summed E-state index contributed by atoms with van der Waals surface area (Å²) < 4.78 is 5.34. The SMILES string of the molecule is CC(CCN1CC(CO)CC1=O)N1CCOCC1. The molecular formula is C13H24N2O3. The second-order valence-corrected chi connectivity index (χ2v) is 5.38. The molecule has 1 N–H and O–H groups in total. The summed E-state index contributed by atoms with van der Waals surface area (Å²) in [6.07, 6.45) is 1.52. The second-order valence-electron chi connectivity index (χ2n) is 5.38. The van der Waals surface area contributed by atoms with Crippen molar-refractivity contribution in [3.05, 3.63) is 0 Å². The topological polar surface area (TPSA) is 53.0 Å². The van der Waals surface area contributed by atoms with E-state index in [-0.39, 0.29) is 18.4 Å². The number of likely N-dealkylation sites (tertiary alicyclic amines) is 1. The molecule has 5 nitrogen and oxygen atoms in total. The monoisotopic (exact) mass is 256 g/mol. The van der Waals surface area contributed by atoms with E-state index < -0.39 is 0 Å². The molecule has 0 saturated carbocycles. The lowest BCUT2D eigenvalue weighted by Gasteiger charge is -2.33. The lowest BCUT2D eigenvalue weighted by atomic mass is 10.1. The van der Waals surface area contributed by atoms with E-state index in [0.717, 1.165) is 45.8 Å². The van der Waals surface area contributed by atoms with Crippen LogP contribution in [0.25, 0.3) is 0 Å². The third kappa shape index (κ3) is 3.43. The van der Waals surface area contributed by atoms with Gasteiger partial charge < -0.3 is 14.7 Å². The Bertz CT molecular complexity index is 279. The minimum Gasteiger partial charge on any atom is -0.396 e. The predicted octanol–water partition coefficient (Wildman–Crippen LogP) is -0.0620. The Kier molecular flexibility index (Phi) is 4.97. The highest BCUT2D eigenvalue weighted by molar-refractivity contribution is 5.78. The molecule has 2 aliphatic rings. The number of rotatable bonds is 5. The number of aliphatic hydroxyl groups is 1. The van der Waals surface area contributed by atoms with Gasteiger partial charge in [0.2, 0.25) is 5.91 Å². The van der Waals surface area contributed by atoms with Gasteiger partial charge in [0.05, 0.1) is 13.2 Å². The van der Waals surface area contributed by atoms with Crippen LogP contribution in [0.4, 0.5) is 0 Å². The smallest absolute Gasteiger partial charge is 0.223 e. The molecule has 0 spiro atoms. The van der Waals surface area contributed by atoms with Gasteiger partial charge >= 0.3 is 0 Å². The zero-order valence-corrected chi connectivity index (χ0v) is 11.2. The van der Waals surface area contributed by atoms with Gasteiger partial charge in [-0.15, -0.1) is 0 Å². The highest BCUT2D eigenvalue weighted by Gasteiger charge is 2.29. The van der Waals surface area contributed by atoms with Crippen molar-refractivity contribution >= 4 is 5.91 Å². The van der Waals surface area contributed by atoms with Crippen molar-refractivity contribution in [2.24, 2.45) is 5.92 Å². The number of nitrogens with zero attached hydrogens (tertiary/aromatic N) is 2. The van der Waals surface area contributed by atoms with Crippen molar-refractivity contribution < 1.29 is 14.6 Å². The molecular weight excluding hydrogens is 232 g/mol. The molecule has 18 heavy (non-hydrogen) atoms. The number of aliphatic hydroxyl groups excluding tert-OH is 1. The average Bonchev–Trinajstić information content (AvgIpc) is 2.77. The summed E-state index contributed by atoms with van der Waals surface area (Å²) in [4.78, 5) is 16.0. The van der Waals surface area contributed by atoms with E-state index in [4.69, 9.17) is 9.84 Å². The summed E-state index contributed by atoms with van der Waals surface area (Å²) in [6, 6.07) is 0.495. The second kappa shape index (κ2) is 6.50. The number of carbonyl (C=O) groups excluding carboxylic acids is 1. The van der Waals surface area contributed by atoms with E-state index in [1.54, 1.807) is 0 Å². The molecule has 1 amide bonds. The van der Waals surface area contributed by atoms with E-state index in [1.165, 1.54) is 0 Å². The van der Waals surface area contributed by atoms with Crippen molar-refractivity contribution in [1.82, 2.24) is 9.80 Å². The van der Waals surface area contributed by atoms with Gasteiger partial charge in [-0.05, 0) is 13.3 Å². The van der Waals surface area contributed by atoms with Crippen molar-refractivity contribution in [2.75, 3.05) is 46.0 Å². The van der Waals surface area contributed by atoms with E-state index in [2.05, 4.69) is 11.8 Å².